The fraction of sp³-hybridized carbons (Fsp3) is 0.864. The second kappa shape index (κ2) is 16.7. The maximum Gasteiger partial charge on any atom is 0.332 e. The highest BCUT2D eigenvalue weighted by atomic mass is 16.4. The topological polar surface area (TPSA) is 112 Å². The molecule has 0 fully saturated rings. The average Bonchev–Trinajstić information content (AvgIpc) is 2.61. The second-order valence-electron chi connectivity index (χ2n) is 8.25. The zero-order valence-electron chi connectivity index (χ0n) is 17.7. The Balaban J connectivity index is 3.54. The lowest BCUT2D eigenvalue weighted by Gasteiger charge is -2.10. The number of carboxylic acid groups (broad SMARTS) is 1. The third-order valence-electron chi connectivity index (χ3n) is 4.96. The molecule has 6 heteroatoms. The Labute approximate surface area is 169 Å². The number of aliphatic hydroxyl groups is 2. The summed E-state index contributed by atoms with van der Waals surface area (Å²) in [7, 11) is 0. The minimum atomic E-state index is -1.84. The Morgan fingerprint density at radius 2 is 1.14 bits per heavy atom. The highest BCUT2D eigenvalue weighted by Gasteiger charge is 2.24. The Hall–Kier alpha value is -1.27. The average molecular weight is 401 g/mol. The van der Waals surface area contributed by atoms with Crippen molar-refractivity contribution in [3.8, 4) is 0 Å². The largest absolute Gasteiger partial charge is 0.479 e. The lowest BCUT2D eigenvalue weighted by molar-refractivity contribution is -0.150. The summed E-state index contributed by atoms with van der Waals surface area (Å²) in [5.41, 5.74) is 0. The fourth-order valence-corrected chi connectivity index (χ4v) is 3.13. The molecule has 3 N–H and O–H groups in total. The van der Waals surface area contributed by atoms with E-state index in [9.17, 15) is 19.5 Å². The smallest absolute Gasteiger partial charge is 0.332 e. The molecule has 0 aromatic heterocycles. The maximum atomic E-state index is 11.8. The van der Waals surface area contributed by atoms with Crippen LogP contribution in [0.15, 0.2) is 0 Å². The number of hydrogen-bond acceptors (Lipinski definition) is 5. The number of hydrogen-bond donors (Lipinski definition) is 3. The highest BCUT2D eigenvalue weighted by Crippen LogP contribution is 2.14. The van der Waals surface area contributed by atoms with Crippen LogP contribution in [0.4, 0.5) is 0 Å². The molecule has 0 radical (unpaired) electrons. The van der Waals surface area contributed by atoms with E-state index in [1.165, 1.54) is 51.4 Å². The van der Waals surface area contributed by atoms with E-state index in [2.05, 4.69) is 13.8 Å². The number of carbonyl (C=O) groups is 3. The molecule has 2 atom stereocenters. The summed E-state index contributed by atoms with van der Waals surface area (Å²) in [6.07, 6.45) is 9.09. The zero-order chi connectivity index (χ0) is 21.4. The van der Waals surface area contributed by atoms with Crippen molar-refractivity contribution in [2.75, 3.05) is 0 Å². The van der Waals surface area contributed by atoms with Gasteiger partial charge in [-0.3, -0.25) is 9.59 Å². The summed E-state index contributed by atoms with van der Waals surface area (Å²) in [6, 6.07) is 0. The van der Waals surface area contributed by atoms with E-state index in [1.54, 1.807) is 0 Å². The van der Waals surface area contributed by atoms with Gasteiger partial charge in [-0.1, -0.05) is 78.1 Å². The summed E-state index contributed by atoms with van der Waals surface area (Å²) < 4.78 is 0. The SMILES string of the molecule is CC(C)CCCCCCCCCCCCC(=O)CC(O)C(=O)CC(O)C(=O)O. The zero-order valence-corrected chi connectivity index (χ0v) is 17.7. The van der Waals surface area contributed by atoms with Crippen LogP contribution in [0, 0.1) is 5.92 Å². The van der Waals surface area contributed by atoms with Gasteiger partial charge in [0, 0.05) is 19.3 Å². The van der Waals surface area contributed by atoms with E-state index in [0.717, 1.165) is 25.2 Å². The molecule has 0 saturated heterocycles. The molecule has 0 spiro atoms. The molecule has 0 aromatic carbocycles. The van der Waals surface area contributed by atoms with Crippen molar-refractivity contribution < 1.29 is 29.7 Å². The van der Waals surface area contributed by atoms with E-state index in [-0.39, 0.29) is 12.2 Å². The van der Waals surface area contributed by atoms with E-state index >= 15 is 0 Å². The molecular weight excluding hydrogens is 360 g/mol. The molecule has 0 amide bonds. The summed E-state index contributed by atoms with van der Waals surface area (Å²) in [5.74, 6) is -1.72. The highest BCUT2D eigenvalue weighted by molar-refractivity contribution is 5.91. The van der Waals surface area contributed by atoms with Gasteiger partial charge >= 0.3 is 5.97 Å². The van der Waals surface area contributed by atoms with Crippen LogP contribution in [0.2, 0.25) is 0 Å². The summed E-state index contributed by atoms with van der Waals surface area (Å²) in [4.78, 5) is 33.8. The first kappa shape index (κ1) is 26.7. The molecule has 0 aliphatic carbocycles. The first-order valence-corrected chi connectivity index (χ1v) is 10.9. The van der Waals surface area contributed by atoms with Crippen LogP contribution in [0.5, 0.6) is 0 Å². The normalized spacial score (nSPS) is 13.5. The predicted octanol–water partition coefficient (Wildman–Crippen LogP) is 4.05. The third-order valence-corrected chi connectivity index (χ3v) is 4.96. The molecule has 164 valence electrons. The fourth-order valence-electron chi connectivity index (χ4n) is 3.13. The Morgan fingerprint density at radius 1 is 0.679 bits per heavy atom. The first-order valence-electron chi connectivity index (χ1n) is 10.9. The van der Waals surface area contributed by atoms with Gasteiger partial charge < -0.3 is 15.3 Å². The van der Waals surface area contributed by atoms with Crippen molar-refractivity contribution in [1.82, 2.24) is 0 Å². The third kappa shape index (κ3) is 15.8. The van der Waals surface area contributed by atoms with E-state index in [1.807, 2.05) is 0 Å². The molecule has 0 bridgehead atoms. The van der Waals surface area contributed by atoms with Crippen molar-refractivity contribution in [3.05, 3.63) is 0 Å². The van der Waals surface area contributed by atoms with Crippen molar-refractivity contribution in [2.24, 2.45) is 5.92 Å². The van der Waals surface area contributed by atoms with Crippen LogP contribution in [0.25, 0.3) is 0 Å². The lowest BCUT2D eigenvalue weighted by atomic mass is 10.00. The number of ketones is 2. The van der Waals surface area contributed by atoms with Crippen molar-refractivity contribution in [1.29, 1.82) is 0 Å². The Kier molecular flexibility index (Phi) is 15.9. The summed E-state index contributed by atoms with van der Waals surface area (Å²) in [6.45, 7) is 4.53. The number of aliphatic hydroxyl groups excluding tert-OH is 2. The van der Waals surface area contributed by atoms with Crippen molar-refractivity contribution >= 4 is 17.5 Å². The number of rotatable bonds is 19. The second-order valence-corrected chi connectivity index (χ2v) is 8.25. The number of carboxylic acids is 1. The van der Waals surface area contributed by atoms with Gasteiger partial charge in [-0.2, -0.15) is 0 Å². The van der Waals surface area contributed by atoms with Crippen LogP contribution >= 0.6 is 0 Å². The summed E-state index contributed by atoms with van der Waals surface area (Å²) >= 11 is 0. The van der Waals surface area contributed by atoms with E-state index < -0.39 is 30.4 Å². The number of Topliss-reactive ketones (excluding diaryl/α,β-unsaturated/α-hetero) is 2. The van der Waals surface area contributed by atoms with Crippen LogP contribution < -0.4 is 0 Å². The van der Waals surface area contributed by atoms with E-state index in [0.29, 0.717) is 6.42 Å². The quantitative estimate of drug-likeness (QED) is 0.282. The van der Waals surface area contributed by atoms with Gasteiger partial charge in [0.25, 0.3) is 0 Å². The maximum absolute atomic E-state index is 11.8. The molecule has 6 nitrogen and oxygen atoms in total. The minimum absolute atomic E-state index is 0.202. The standard InChI is InChI=1S/C22H40O6/c1-17(2)13-11-9-7-5-3-4-6-8-10-12-14-18(23)15-19(24)20(25)16-21(26)22(27)28/h17,19,21,24,26H,3-16H2,1-2H3,(H,27,28). The molecule has 0 aromatic rings. The van der Waals surface area contributed by atoms with Gasteiger partial charge in [-0.15, -0.1) is 0 Å². The Bertz CT molecular complexity index is 446. The molecule has 28 heavy (non-hydrogen) atoms. The molecule has 2 unspecified atom stereocenters. The first-order chi connectivity index (χ1) is 13.2. The van der Waals surface area contributed by atoms with Gasteiger partial charge in [-0.05, 0) is 12.3 Å². The van der Waals surface area contributed by atoms with Gasteiger partial charge in [0.2, 0.25) is 0 Å². The van der Waals surface area contributed by atoms with Gasteiger partial charge in [0.1, 0.15) is 11.9 Å². The molecule has 0 heterocycles. The van der Waals surface area contributed by atoms with Crippen LogP contribution in [0.1, 0.15) is 104 Å². The van der Waals surface area contributed by atoms with Crippen LogP contribution in [0.3, 0.4) is 0 Å². The van der Waals surface area contributed by atoms with Gasteiger partial charge in [-0.25, -0.2) is 4.79 Å². The van der Waals surface area contributed by atoms with E-state index in [4.69, 9.17) is 10.2 Å². The molecule has 0 saturated carbocycles. The minimum Gasteiger partial charge on any atom is -0.479 e. The number of unbranched alkanes of at least 4 members (excludes halogenated alkanes) is 9. The number of carbonyl (C=O) groups excluding carboxylic acids is 2. The van der Waals surface area contributed by atoms with Crippen molar-refractivity contribution in [2.45, 2.75) is 116 Å². The van der Waals surface area contributed by atoms with Gasteiger partial charge in [0.05, 0.1) is 0 Å². The van der Waals surface area contributed by atoms with Crippen LogP contribution in [-0.4, -0.2) is 45.1 Å². The number of aliphatic carboxylic acids is 1. The predicted molar refractivity (Wildman–Crippen MR) is 109 cm³/mol. The molecule has 0 aliphatic heterocycles. The van der Waals surface area contributed by atoms with Crippen molar-refractivity contribution in [3.63, 3.8) is 0 Å². The van der Waals surface area contributed by atoms with Gasteiger partial charge in [0.15, 0.2) is 11.9 Å². The summed E-state index contributed by atoms with van der Waals surface area (Å²) in [5, 5.41) is 27.3. The Morgan fingerprint density at radius 3 is 1.61 bits per heavy atom. The molecule has 0 aliphatic rings. The van der Waals surface area contributed by atoms with Crippen LogP contribution in [-0.2, 0) is 14.4 Å². The molecular formula is C22H40O6. The monoisotopic (exact) mass is 400 g/mol. The lowest BCUT2D eigenvalue weighted by Crippen LogP contribution is -2.30. The molecule has 0 rings (SSSR count).